The molecule has 142 valence electrons. The maximum atomic E-state index is 12.4. The van der Waals surface area contributed by atoms with Crippen molar-refractivity contribution in [1.29, 1.82) is 0 Å². The molecule has 0 aliphatic carbocycles. The zero-order valence-corrected chi connectivity index (χ0v) is 16.9. The average molecular weight is 417 g/mol. The highest BCUT2D eigenvalue weighted by Gasteiger charge is 2.20. The Morgan fingerprint density at radius 3 is 2.31 bits per heavy atom. The van der Waals surface area contributed by atoms with E-state index in [0.717, 1.165) is 18.0 Å². The summed E-state index contributed by atoms with van der Waals surface area (Å²) < 4.78 is 50.6. The number of sulfone groups is 1. The van der Waals surface area contributed by atoms with E-state index >= 15 is 0 Å². The van der Waals surface area contributed by atoms with Crippen molar-refractivity contribution in [1.82, 2.24) is 4.72 Å². The number of rotatable bonds is 8. The van der Waals surface area contributed by atoms with E-state index in [2.05, 4.69) is 4.72 Å². The predicted molar refractivity (Wildman–Crippen MR) is 104 cm³/mol. The normalized spacial score (nSPS) is 12.1. The van der Waals surface area contributed by atoms with Crippen LogP contribution < -0.4 is 9.62 Å². The summed E-state index contributed by atoms with van der Waals surface area (Å²) in [6, 6.07) is 13.4. The van der Waals surface area contributed by atoms with Gasteiger partial charge in [0.15, 0.2) is 9.84 Å². The summed E-state index contributed by atoms with van der Waals surface area (Å²) in [5, 5.41) is -0.0219. The first kappa shape index (κ1) is 20.7. The summed E-state index contributed by atoms with van der Waals surface area (Å²) in [6.45, 7) is 0.864. The fraction of sp³-hybridized carbons (Fsp3) is 0.294. The van der Waals surface area contributed by atoms with Crippen LogP contribution >= 0.6 is 11.6 Å². The first-order valence-corrected chi connectivity index (χ1v) is 11.6. The lowest BCUT2D eigenvalue weighted by Gasteiger charge is -2.19. The van der Waals surface area contributed by atoms with Gasteiger partial charge in [0.25, 0.3) is 0 Å². The van der Waals surface area contributed by atoms with Crippen LogP contribution in [0.4, 0.5) is 5.69 Å². The minimum absolute atomic E-state index is 0.0219. The zero-order valence-electron chi connectivity index (χ0n) is 14.5. The fourth-order valence-electron chi connectivity index (χ4n) is 2.33. The monoisotopic (exact) mass is 416 g/mol. The van der Waals surface area contributed by atoms with Crippen molar-refractivity contribution in [3.8, 4) is 0 Å². The van der Waals surface area contributed by atoms with Gasteiger partial charge in [0.2, 0.25) is 10.0 Å². The third-order valence-corrected chi connectivity index (χ3v) is 6.83. The van der Waals surface area contributed by atoms with E-state index < -0.39 is 19.9 Å². The molecule has 0 spiro atoms. The Balaban J connectivity index is 2.01. The number of nitrogens with one attached hydrogen (secondary N) is 1. The van der Waals surface area contributed by atoms with Crippen LogP contribution in [0.3, 0.4) is 0 Å². The Labute approximate surface area is 159 Å². The van der Waals surface area contributed by atoms with Gasteiger partial charge in [-0.3, -0.25) is 0 Å². The third-order valence-electron chi connectivity index (χ3n) is 3.78. The molecule has 0 aliphatic heterocycles. The highest BCUT2D eigenvalue weighted by Crippen LogP contribution is 2.24. The number of nitrogens with zero attached hydrogens (tertiary/aromatic N) is 1. The van der Waals surface area contributed by atoms with E-state index in [0.29, 0.717) is 13.0 Å². The highest BCUT2D eigenvalue weighted by atomic mass is 35.5. The molecule has 0 aromatic heterocycles. The minimum atomic E-state index is -3.90. The largest absolute Gasteiger partial charge is 0.375 e. The maximum Gasteiger partial charge on any atom is 0.242 e. The molecule has 0 heterocycles. The number of hydrogen-bond donors (Lipinski definition) is 1. The van der Waals surface area contributed by atoms with Crippen molar-refractivity contribution >= 4 is 37.1 Å². The van der Waals surface area contributed by atoms with Crippen LogP contribution in [0, 0.1) is 0 Å². The third kappa shape index (κ3) is 5.44. The Morgan fingerprint density at radius 2 is 1.69 bits per heavy atom. The SMILES string of the molecule is CN(CCCNS(=O)(=O)c1cc(S(C)(=O)=O)ccc1Cl)c1ccccc1. The second-order valence-electron chi connectivity index (χ2n) is 5.87. The van der Waals surface area contributed by atoms with Crippen LogP contribution in [0.1, 0.15) is 6.42 Å². The summed E-state index contributed by atoms with van der Waals surface area (Å²) in [5.41, 5.74) is 1.04. The van der Waals surface area contributed by atoms with Crippen molar-refractivity contribution in [2.24, 2.45) is 0 Å². The van der Waals surface area contributed by atoms with Gasteiger partial charge in [0, 0.05) is 32.1 Å². The molecule has 0 saturated carbocycles. The predicted octanol–water partition coefficient (Wildman–Crippen LogP) is 2.55. The van der Waals surface area contributed by atoms with Gasteiger partial charge in [0.1, 0.15) is 4.90 Å². The van der Waals surface area contributed by atoms with Crippen LogP contribution in [-0.4, -0.2) is 43.2 Å². The van der Waals surface area contributed by atoms with Crippen LogP contribution in [0.5, 0.6) is 0 Å². The second-order valence-corrected chi connectivity index (χ2v) is 10.0. The second kappa shape index (κ2) is 8.39. The van der Waals surface area contributed by atoms with Crippen molar-refractivity contribution in [3.63, 3.8) is 0 Å². The topological polar surface area (TPSA) is 83.6 Å². The van der Waals surface area contributed by atoms with Gasteiger partial charge in [-0.1, -0.05) is 29.8 Å². The molecule has 0 aliphatic rings. The summed E-state index contributed by atoms with van der Waals surface area (Å²) in [7, 11) is -5.50. The van der Waals surface area contributed by atoms with Crippen molar-refractivity contribution in [2.45, 2.75) is 16.2 Å². The Kier molecular flexibility index (Phi) is 6.68. The van der Waals surface area contributed by atoms with E-state index in [9.17, 15) is 16.8 Å². The van der Waals surface area contributed by atoms with Crippen molar-refractivity contribution in [3.05, 3.63) is 53.6 Å². The van der Waals surface area contributed by atoms with Gasteiger partial charge in [-0.05, 0) is 36.8 Å². The molecule has 0 unspecified atom stereocenters. The van der Waals surface area contributed by atoms with Crippen LogP contribution in [0.15, 0.2) is 58.3 Å². The standard InChI is InChI=1S/C17H21ClN2O4S2/c1-20(14-7-4-3-5-8-14)12-6-11-19-26(23,24)17-13-15(25(2,21)22)9-10-16(17)18/h3-5,7-10,13,19H,6,11-12H2,1-2H3. The smallest absolute Gasteiger partial charge is 0.242 e. The lowest BCUT2D eigenvalue weighted by atomic mass is 10.3. The summed E-state index contributed by atoms with van der Waals surface area (Å²) in [5.74, 6) is 0. The number of para-hydroxylation sites is 1. The van der Waals surface area contributed by atoms with Gasteiger partial charge >= 0.3 is 0 Å². The molecule has 6 nitrogen and oxygen atoms in total. The number of sulfonamides is 1. The van der Waals surface area contributed by atoms with Gasteiger partial charge in [-0.25, -0.2) is 21.6 Å². The zero-order chi connectivity index (χ0) is 19.4. The highest BCUT2D eigenvalue weighted by molar-refractivity contribution is 7.91. The van der Waals surface area contributed by atoms with Crippen molar-refractivity contribution < 1.29 is 16.8 Å². The quantitative estimate of drug-likeness (QED) is 0.668. The molecule has 0 bridgehead atoms. The van der Waals surface area contributed by atoms with Gasteiger partial charge in [0.05, 0.1) is 9.92 Å². The van der Waals surface area contributed by atoms with Crippen LogP contribution in [0.2, 0.25) is 5.02 Å². The van der Waals surface area contributed by atoms with Crippen LogP contribution in [-0.2, 0) is 19.9 Å². The van der Waals surface area contributed by atoms with E-state index in [1.165, 1.54) is 12.1 Å². The summed E-state index contributed by atoms with van der Waals surface area (Å²) >= 11 is 5.95. The molecule has 0 fully saturated rings. The molecule has 2 aromatic carbocycles. The Bertz CT molecular complexity index is 962. The lowest BCUT2D eigenvalue weighted by Crippen LogP contribution is -2.28. The Hall–Kier alpha value is -1.61. The first-order chi connectivity index (χ1) is 12.1. The van der Waals surface area contributed by atoms with E-state index in [-0.39, 0.29) is 21.4 Å². The molecule has 1 N–H and O–H groups in total. The number of halogens is 1. The first-order valence-electron chi connectivity index (χ1n) is 7.87. The number of hydrogen-bond acceptors (Lipinski definition) is 5. The van der Waals surface area contributed by atoms with Crippen LogP contribution in [0.25, 0.3) is 0 Å². The molecule has 2 rings (SSSR count). The molecule has 0 radical (unpaired) electrons. The van der Waals surface area contributed by atoms with E-state index in [4.69, 9.17) is 11.6 Å². The van der Waals surface area contributed by atoms with Gasteiger partial charge in [-0.2, -0.15) is 0 Å². The molecule has 0 amide bonds. The molecule has 0 atom stereocenters. The summed E-state index contributed by atoms with van der Waals surface area (Å²) in [4.78, 5) is 1.69. The number of benzene rings is 2. The van der Waals surface area contributed by atoms with Gasteiger partial charge in [-0.15, -0.1) is 0 Å². The molecule has 9 heteroatoms. The number of anilines is 1. The fourth-order valence-corrected chi connectivity index (χ4v) is 4.65. The van der Waals surface area contributed by atoms with Crippen molar-refractivity contribution in [2.75, 3.05) is 31.3 Å². The summed E-state index contributed by atoms with van der Waals surface area (Å²) in [6.07, 6.45) is 1.59. The molecule has 26 heavy (non-hydrogen) atoms. The maximum absolute atomic E-state index is 12.4. The van der Waals surface area contributed by atoms with E-state index in [1.54, 1.807) is 0 Å². The van der Waals surface area contributed by atoms with E-state index in [1.807, 2.05) is 42.3 Å². The minimum Gasteiger partial charge on any atom is -0.375 e. The lowest BCUT2D eigenvalue weighted by molar-refractivity contribution is 0.578. The Morgan fingerprint density at radius 1 is 1.04 bits per heavy atom. The van der Waals surface area contributed by atoms with Gasteiger partial charge < -0.3 is 4.90 Å². The molecule has 2 aromatic rings. The molecular weight excluding hydrogens is 396 g/mol. The molecular formula is C17H21ClN2O4S2. The molecule has 0 saturated heterocycles. The average Bonchev–Trinajstić information content (AvgIpc) is 2.58.